The number of ketones is 1. The lowest BCUT2D eigenvalue weighted by atomic mass is 9.81. The van der Waals surface area contributed by atoms with Crippen molar-refractivity contribution in [3.63, 3.8) is 0 Å². The number of allylic oxidation sites excluding steroid dienone is 4. The number of Topliss-reactive ketones (excluding diaryl/α,β-unsaturated/α-hetero) is 1. The van der Waals surface area contributed by atoms with Crippen molar-refractivity contribution >= 4 is 33.0 Å². The Bertz CT molecular complexity index is 1650. The van der Waals surface area contributed by atoms with Gasteiger partial charge in [0.2, 0.25) is 5.69 Å². The van der Waals surface area contributed by atoms with Crippen LogP contribution in [-0.4, -0.2) is 42.1 Å². The fourth-order valence-electron chi connectivity index (χ4n) is 6.52. The Balaban J connectivity index is 1.66. The first-order chi connectivity index (χ1) is 20.2. The molecular weight excluding hydrogens is 556 g/mol. The summed E-state index contributed by atoms with van der Waals surface area (Å²) < 4.78 is 36.0. The highest BCUT2D eigenvalue weighted by atomic mass is 32.2. The van der Waals surface area contributed by atoms with Gasteiger partial charge in [0.25, 0.3) is 10.1 Å². The van der Waals surface area contributed by atoms with Crippen molar-refractivity contribution in [1.82, 2.24) is 0 Å². The zero-order chi connectivity index (χ0) is 31.6. The molecule has 0 amide bonds. The summed E-state index contributed by atoms with van der Waals surface area (Å²) in [5, 5.41) is 0. The van der Waals surface area contributed by atoms with E-state index in [4.69, 9.17) is 6.42 Å². The van der Waals surface area contributed by atoms with Gasteiger partial charge in [0, 0.05) is 66.7 Å². The highest BCUT2D eigenvalue weighted by Gasteiger charge is 2.45. The zero-order valence-electron chi connectivity index (χ0n) is 26.4. The molecule has 0 aliphatic carbocycles. The monoisotopic (exact) mass is 601 g/mol. The van der Waals surface area contributed by atoms with Gasteiger partial charge in [-0.1, -0.05) is 37.6 Å². The fraction of sp³-hybridized carbons (Fsp3) is 0.444. The Hall–Kier alpha value is -3.47. The van der Waals surface area contributed by atoms with E-state index < -0.39 is 15.5 Å². The smallest absolute Gasteiger partial charge is 0.294 e. The Morgan fingerprint density at radius 1 is 1.02 bits per heavy atom. The number of aryl methyl sites for hydroxylation is 1. The molecule has 0 atom stereocenters. The molecular formula is C36H45N2O4S+. The topological polar surface area (TPSA) is 77.7 Å². The minimum absolute atomic E-state index is 0.101. The Kier molecular flexibility index (Phi) is 9.54. The van der Waals surface area contributed by atoms with Gasteiger partial charge in [0.05, 0.1) is 10.3 Å². The van der Waals surface area contributed by atoms with Crippen molar-refractivity contribution in [1.29, 1.82) is 0 Å². The van der Waals surface area contributed by atoms with Crippen LogP contribution in [0.4, 0.5) is 11.4 Å². The number of terminal acetylenes is 1. The SMILES string of the molecule is C#CCCC(=O)CCCCC[N+]1=C(/C=C/C=C2/N(CC)c3ccc(C)cc3C2(C)C)C(C)(C)c2cc(S(=O)(=O)O)ccc21. The van der Waals surface area contributed by atoms with Crippen LogP contribution in [0.25, 0.3) is 0 Å². The maximum absolute atomic E-state index is 12.0. The summed E-state index contributed by atoms with van der Waals surface area (Å²) in [7, 11) is -4.33. The van der Waals surface area contributed by atoms with Gasteiger partial charge < -0.3 is 4.90 Å². The van der Waals surface area contributed by atoms with E-state index in [0.717, 1.165) is 49.3 Å². The predicted molar refractivity (Wildman–Crippen MR) is 175 cm³/mol. The number of hydrogen-bond donors (Lipinski definition) is 1. The summed E-state index contributed by atoms with van der Waals surface area (Å²) in [5.41, 5.74) is 7.27. The van der Waals surface area contributed by atoms with Gasteiger partial charge in [-0.2, -0.15) is 13.0 Å². The van der Waals surface area contributed by atoms with Crippen molar-refractivity contribution in [3.05, 3.63) is 77.0 Å². The van der Waals surface area contributed by atoms with Crippen LogP contribution in [0.3, 0.4) is 0 Å². The highest BCUT2D eigenvalue weighted by molar-refractivity contribution is 7.85. The first-order valence-corrected chi connectivity index (χ1v) is 16.7. The largest absolute Gasteiger partial charge is 0.344 e. The lowest BCUT2D eigenvalue weighted by molar-refractivity contribution is -0.438. The fourth-order valence-corrected chi connectivity index (χ4v) is 7.03. The number of rotatable bonds is 12. The molecule has 0 spiro atoms. The summed E-state index contributed by atoms with van der Waals surface area (Å²) >= 11 is 0. The van der Waals surface area contributed by atoms with Gasteiger partial charge >= 0.3 is 0 Å². The molecule has 228 valence electrons. The van der Waals surface area contributed by atoms with E-state index in [-0.39, 0.29) is 16.1 Å². The molecule has 0 saturated heterocycles. The predicted octanol–water partition coefficient (Wildman–Crippen LogP) is 7.42. The van der Waals surface area contributed by atoms with Crippen LogP contribution in [0, 0.1) is 19.3 Å². The number of fused-ring (bicyclic) bond motifs is 2. The Morgan fingerprint density at radius 3 is 2.44 bits per heavy atom. The number of carbonyl (C=O) groups is 1. The second kappa shape index (κ2) is 12.6. The number of benzene rings is 2. The number of carbonyl (C=O) groups excluding carboxylic acids is 1. The molecule has 0 fully saturated rings. The number of unbranched alkanes of at least 4 members (excludes halogenated alkanes) is 2. The van der Waals surface area contributed by atoms with Gasteiger partial charge in [-0.25, -0.2) is 0 Å². The average molecular weight is 602 g/mol. The van der Waals surface area contributed by atoms with Crippen LogP contribution in [0.15, 0.2) is 65.2 Å². The molecule has 2 heterocycles. The standard InChI is InChI=1S/C36H44N2O4S/c1-8-10-15-27(39)16-12-11-13-23-38-32-22-20-28(43(40,41)42)25-30(32)36(6,7)34(38)18-14-17-33-35(4,5)29-24-26(3)19-21-31(29)37(33)9-2/h1,14,17-22,24-25H,9-13,15-16,23H2,2-7H3/p+1. The third-order valence-corrected chi connectivity index (χ3v) is 9.77. The van der Waals surface area contributed by atoms with Crippen LogP contribution in [0.1, 0.15) is 89.8 Å². The molecule has 43 heavy (non-hydrogen) atoms. The van der Waals surface area contributed by atoms with E-state index >= 15 is 0 Å². The number of likely N-dealkylation sites (N-methyl/N-ethyl adjacent to an activating group) is 1. The molecule has 2 aromatic rings. The maximum atomic E-state index is 12.0. The normalized spacial score (nSPS) is 17.9. The first kappa shape index (κ1) is 32.4. The second-order valence-electron chi connectivity index (χ2n) is 12.7. The van der Waals surface area contributed by atoms with Gasteiger partial charge in [-0.15, -0.1) is 12.3 Å². The third kappa shape index (κ3) is 6.56. The van der Waals surface area contributed by atoms with Crippen molar-refractivity contribution in [2.45, 2.75) is 95.8 Å². The van der Waals surface area contributed by atoms with Gasteiger partial charge in [-0.05, 0) is 70.4 Å². The Labute approximate surface area is 258 Å². The maximum Gasteiger partial charge on any atom is 0.294 e. The van der Waals surface area contributed by atoms with Crippen molar-refractivity contribution in [2.24, 2.45) is 0 Å². The molecule has 0 bridgehead atoms. The van der Waals surface area contributed by atoms with Gasteiger partial charge in [0.1, 0.15) is 12.3 Å². The lowest BCUT2D eigenvalue weighted by Gasteiger charge is -2.25. The molecule has 0 radical (unpaired) electrons. The Morgan fingerprint density at radius 2 is 1.77 bits per heavy atom. The third-order valence-electron chi connectivity index (χ3n) is 8.92. The van der Waals surface area contributed by atoms with E-state index in [1.54, 1.807) is 12.1 Å². The van der Waals surface area contributed by atoms with Crippen LogP contribution in [-0.2, 0) is 25.7 Å². The molecule has 0 aromatic heterocycles. The summed E-state index contributed by atoms with van der Waals surface area (Å²) in [5.74, 6) is 2.74. The van der Waals surface area contributed by atoms with E-state index in [9.17, 15) is 17.8 Å². The highest BCUT2D eigenvalue weighted by Crippen LogP contribution is 2.48. The van der Waals surface area contributed by atoms with E-state index in [2.05, 4.69) is 93.4 Å². The minimum Gasteiger partial charge on any atom is -0.344 e. The van der Waals surface area contributed by atoms with Crippen LogP contribution >= 0.6 is 0 Å². The van der Waals surface area contributed by atoms with Crippen LogP contribution in [0.2, 0.25) is 0 Å². The van der Waals surface area contributed by atoms with E-state index in [1.807, 2.05) is 0 Å². The van der Waals surface area contributed by atoms with E-state index in [1.165, 1.54) is 28.6 Å². The summed E-state index contributed by atoms with van der Waals surface area (Å²) in [6.45, 7) is 14.6. The molecule has 0 saturated carbocycles. The van der Waals surface area contributed by atoms with Crippen LogP contribution < -0.4 is 4.90 Å². The molecule has 7 heteroatoms. The number of nitrogens with zero attached hydrogens (tertiary/aromatic N) is 2. The second-order valence-corrected chi connectivity index (χ2v) is 14.1. The number of anilines is 1. The molecule has 1 N–H and O–H groups in total. The van der Waals surface area contributed by atoms with Gasteiger partial charge in [0.15, 0.2) is 5.71 Å². The molecule has 6 nitrogen and oxygen atoms in total. The van der Waals surface area contributed by atoms with Gasteiger partial charge in [-0.3, -0.25) is 9.35 Å². The molecule has 2 aliphatic rings. The molecule has 4 rings (SSSR count). The summed E-state index contributed by atoms with van der Waals surface area (Å²) in [6.07, 6.45) is 15.8. The summed E-state index contributed by atoms with van der Waals surface area (Å²) in [4.78, 5) is 14.3. The minimum atomic E-state index is -4.33. The molecule has 0 unspecified atom stereocenters. The molecule has 2 aliphatic heterocycles. The van der Waals surface area contributed by atoms with E-state index in [0.29, 0.717) is 19.3 Å². The zero-order valence-corrected chi connectivity index (χ0v) is 27.2. The molecule has 2 aromatic carbocycles. The quantitative estimate of drug-likeness (QED) is 0.119. The lowest BCUT2D eigenvalue weighted by Crippen LogP contribution is -2.28. The average Bonchev–Trinajstić information content (AvgIpc) is 3.29. The van der Waals surface area contributed by atoms with Crippen molar-refractivity contribution < 1.29 is 22.3 Å². The summed E-state index contributed by atoms with van der Waals surface area (Å²) in [6, 6.07) is 11.5. The first-order valence-electron chi connectivity index (χ1n) is 15.2. The van der Waals surface area contributed by atoms with Crippen LogP contribution in [0.5, 0.6) is 0 Å². The number of hydrogen-bond acceptors (Lipinski definition) is 4. The van der Waals surface area contributed by atoms with Crippen molar-refractivity contribution in [3.8, 4) is 12.3 Å². The van der Waals surface area contributed by atoms with Crippen molar-refractivity contribution in [2.75, 3.05) is 18.0 Å².